The molecule has 0 saturated carbocycles. The molecule has 17 heavy (non-hydrogen) atoms. The average molecular weight is 257 g/mol. The van der Waals surface area contributed by atoms with Gasteiger partial charge in [0.05, 0.1) is 24.3 Å². The third kappa shape index (κ3) is 2.67. The van der Waals surface area contributed by atoms with E-state index >= 15 is 0 Å². The van der Waals surface area contributed by atoms with Crippen LogP contribution in [0, 0.1) is 5.41 Å². The van der Waals surface area contributed by atoms with Gasteiger partial charge >= 0.3 is 0 Å². The van der Waals surface area contributed by atoms with Gasteiger partial charge in [-0.1, -0.05) is 25.4 Å². The van der Waals surface area contributed by atoms with Gasteiger partial charge in [-0.15, -0.1) is 0 Å². The van der Waals surface area contributed by atoms with Crippen molar-refractivity contribution in [3.8, 4) is 11.5 Å². The van der Waals surface area contributed by atoms with Gasteiger partial charge in [-0.2, -0.15) is 0 Å². The third-order valence-electron chi connectivity index (χ3n) is 2.75. The van der Waals surface area contributed by atoms with Crippen LogP contribution in [0.1, 0.15) is 32.4 Å². The molecule has 1 unspecified atom stereocenters. The highest BCUT2D eigenvalue weighted by Crippen LogP contribution is 2.39. The van der Waals surface area contributed by atoms with Gasteiger partial charge in [0.2, 0.25) is 0 Å². The van der Waals surface area contributed by atoms with Crippen LogP contribution in [0.2, 0.25) is 5.02 Å². The second-order valence-corrected chi connectivity index (χ2v) is 5.65. The summed E-state index contributed by atoms with van der Waals surface area (Å²) in [5, 5.41) is 10.1. The Kier molecular flexibility index (Phi) is 3.23. The summed E-state index contributed by atoms with van der Waals surface area (Å²) in [6, 6.07) is 3.46. The molecular weight excluding hydrogens is 240 g/mol. The highest BCUT2D eigenvalue weighted by Gasteiger charge is 2.26. The van der Waals surface area contributed by atoms with Gasteiger partial charge in [0.1, 0.15) is 0 Å². The lowest BCUT2D eigenvalue weighted by molar-refractivity contribution is 0.140. The molecule has 1 aliphatic rings. The first-order valence-electron chi connectivity index (χ1n) is 5.66. The van der Waals surface area contributed by atoms with Crippen LogP contribution < -0.4 is 9.47 Å². The van der Waals surface area contributed by atoms with E-state index in [-0.39, 0.29) is 5.41 Å². The molecular formula is C13H17ClO3. The topological polar surface area (TPSA) is 38.7 Å². The summed E-state index contributed by atoms with van der Waals surface area (Å²) in [6.45, 7) is 7.01. The van der Waals surface area contributed by atoms with E-state index in [1.807, 2.05) is 0 Å². The van der Waals surface area contributed by atoms with Crippen LogP contribution >= 0.6 is 11.6 Å². The van der Waals surface area contributed by atoms with Crippen LogP contribution in [0.4, 0.5) is 0 Å². The van der Waals surface area contributed by atoms with Crippen LogP contribution in [0.3, 0.4) is 0 Å². The summed E-state index contributed by atoms with van der Waals surface area (Å²) < 4.78 is 11.4. The Bertz CT molecular complexity index is 427. The van der Waals surface area contributed by atoms with E-state index in [1.54, 1.807) is 19.1 Å². The Morgan fingerprint density at radius 2 is 1.76 bits per heavy atom. The molecule has 2 rings (SSSR count). The van der Waals surface area contributed by atoms with Crippen molar-refractivity contribution >= 4 is 11.6 Å². The summed E-state index contributed by atoms with van der Waals surface area (Å²) in [5.41, 5.74) is 0.630. The lowest BCUT2D eigenvalue weighted by atomic mass is 9.97. The van der Waals surface area contributed by atoms with E-state index in [0.29, 0.717) is 35.3 Å². The van der Waals surface area contributed by atoms with E-state index in [1.165, 1.54) is 0 Å². The lowest BCUT2D eigenvalue weighted by Crippen LogP contribution is -2.26. The number of aliphatic hydroxyl groups is 1. The molecule has 0 aromatic heterocycles. The van der Waals surface area contributed by atoms with Crippen LogP contribution in [0.25, 0.3) is 0 Å². The zero-order chi connectivity index (χ0) is 12.6. The summed E-state index contributed by atoms with van der Waals surface area (Å²) >= 11 is 6.08. The minimum Gasteiger partial charge on any atom is -0.489 e. The fourth-order valence-electron chi connectivity index (χ4n) is 1.68. The highest BCUT2D eigenvalue weighted by atomic mass is 35.5. The Balaban J connectivity index is 2.38. The van der Waals surface area contributed by atoms with Gasteiger partial charge < -0.3 is 14.6 Å². The molecule has 94 valence electrons. The molecule has 0 spiro atoms. The summed E-state index contributed by atoms with van der Waals surface area (Å²) in [4.78, 5) is 0. The van der Waals surface area contributed by atoms with Crippen molar-refractivity contribution in [2.75, 3.05) is 13.2 Å². The van der Waals surface area contributed by atoms with Crippen molar-refractivity contribution < 1.29 is 14.6 Å². The van der Waals surface area contributed by atoms with Gasteiger partial charge in [-0.3, -0.25) is 0 Å². The van der Waals surface area contributed by atoms with E-state index in [0.717, 1.165) is 0 Å². The highest BCUT2D eigenvalue weighted by molar-refractivity contribution is 6.31. The van der Waals surface area contributed by atoms with Crippen molar-refractivity contribution in [1.29, 1.82) is 0 Å². The van der Waals surface area contributed by atoms with Crippen LogP contribution in [0.5, 0.6) is 11.5 Å². The molecule has 4 heteroatoms. The monoisotopic (exact) mass is 256 g/mol. The second-order valence-electron chi connectivity index (χ2n) is 5.24. The number of hydrogen-bond donors (Lipinski definition) is 1. The van der Waals surface area contributed by atoms with Crippen molar-refractivity contribution in [3.63, 3.8) is 0 Å². The molecule has 0 amide bonds. The zero-order valence-corrected chi connectivity index (χ0v) is 11.0. The summed E-state index contributed by atoms with van der Waals surface area (Å²) in [5.74, 6) is 1.29. The van der Waals surface area contributed by atoms with Gasteiger partial charge in [-0.25, -0.2) is 0 Å². The molecule has 1 atom stereocenters. The zero-order valence-electron chi connectivity index (χ0n) is 10.3. The number of rotatable bonds is 1. The number of hydrogen-bond acceptors (Lipinski definition) is 3. The van der Waals surface area contributed by atoms with Gasteiger partial charge in [0.25, 0.3) is 0 Å². The fraction of sp³-hybridized carbons (Fsp3) is 0.538. The lowest BCUT2D eigenvalue weighted by Gasteiger charge is -2.19. The molecule has 0 saturated heterocycles. The number of ether oxygens (including phenoxy) is 2. The predicted octanol–water partition coefficient (Wildman–Crippen LogP) is 3.19. The minimum atomic E-state index is -0.618. The van der Waals surface area contributed by atoms with E-state index in [4.69, 9.17) is 21.1 Å². The van der Waals surface area contributed by atoms with E-state index in [2.05, 4.69) is 13.8 Å². The molecule has 0 radical (unpaired) electrons. The number of benzene rings is 1. The van der Waals surface area contributed by atoms with Crippen molar-refractivity contribution in [3.05, 3.63) is 22.7 Å². The molecule has 0 bridgehead atoms. The van der Waals surface area contributed by atoms with Gasteiger partial charge in [-0.05, 0) is 13.0 Å². The van der Waals surface area contributed by atoms with Crippen LogP contribution in [-0.2, 0) is 0 Å². The summed E-state index contributed by atoms with van der Waals surface area (Å²) in [7, 11) is 0. The first-order valence-corrected chi connectivity index (χ1v) is 6.04. The van der Waals surface area contributed by atoms with E-state index in [9.17, 15) is 5.11 Å². The molecule has 0 aliphatic carbocycles. The largest absolute Gasteiger partial charge is 0.489 e. The first-order chi connectivity index (χ1) is 7.89. The smallest absolute Gasteiger partial charge is 0.162 e. The maximum atomic E-state index is 9.60. The van der Waals surface area contributed by atoms with Crippen molar-refractivity contribution in [1.82, 2.24) is 0 Å². The second kappa shape index (κ2) is 4.39. The number of aliphatic hydroxyl groups excluding tert-OH is 1. The van der Waals surface area contributed by atoms with Crippen LogP contribution in [0.15, 0.2) is 12.1 Å². The molecule has 1 aromatic rings. The third-order valence-corrected chi connectivity index (χ3v) is 3.08. The standard InChI is InChI=1S/C13H17ClO3/c1-8(15)9-4-11-12(5-10(9)14)17-7-13(2,3)6-16-11/h4-5,8,15H,6-7H2,1-3H3. The van der Waals surface area contributed by atoms with E-state index < -0.39 is 6.10 Å². The maximum Gasteiger partial charge on any atom is 0.162 e. The maximum absolute atomic E-state index is 9.60. The number of halogens is 1. The Hall–Kier alpha value is -0.930. The normalized spacial score (nSPS) is 19.6. The first kappa shape index (κ1) is 12.5. The molecule has 0 fully saturated rings. The SMILES string of the molecule is CC(O)c1cc2c(cc1Cl)OCC(C)(C)CO2. The molecule has 1 aromatic carbocycles. The summed E-state index contributed by atoms with van der Waals surface area (Å²) in [6.07, 6.45) is -0.618. The quantitative estimate of drug-likeness (QED) is 0.839. The van der Waals surface area contributed by atoms with Gasteiger partial charge in [0.15, 0.2) is 11.5 Å². The molecule has 3 nitrogen and oxygen atoms in total. The minimum absolute atomic E-state index is 0.0313. The Morgan fingerprint density at radius 3 is 2.29 bits per heavy atom. The Morgan fingerprint density at radius 1 is 1.24 bits per heavy atom. The number of fused-ring (bicyclic) bond motifs is 1. The van der Waals surface area contributed by atoms with Crippen LogP contribution in [-0.4, -0.2) is 18.3 Å². The molecule has 1 aliphatic heterocycles. The fourth-order valence-corrected chi connectivity index (χ4v) is 2.00. The van der Waals surface area contributed by atoms with Crippen molar-refractivity contribution in [2.45, 2.75) is 26.9 Å². The van der Waals surface area contributed by atoms with Gasteiger partial charge in [0, 0.05) is 17.0 Å². The average Bonchev–Trinajstić information content (AvgIpc) is 2.37. The molecule has 1 N–H and O–H groups in total. The molecule has 1 heterocycles. The Labute approximate surface area is 106 Å². The van der Waals surface area contributed by atoms with Crippen molar-refractivity contribution in [2.24, 2.45) is 5.41 Å². The predicted molar refractivity (Wildman–Crippen MR) is 66.9 cm³/mol.